The number of para-hydroxylation sites is 1. The molecule has 1 fully saturated rings. The second kappa shape index (κ2) is 12.8. The van der Waals surface area contributed by atoms with Gasteiger partial charge in [0.1, 0.15) is 18.2 Å². The maximum atomic E-state index is 13.0. The summed E-state index contributed by atoms with van der Waals surface area (Å²) in [5.41, 5.74) is 0.897. The van der Waals surface area contributed by atoms with Crippen LogP contribution in [0.3, 0.4) is 0 Å². The zero-order valence-corrected chi connectivity index (χ0v) is 20.8. The minimum atomic E-state index is -0.471. The van der Waals surface area contributed by atoms with E-state index in [2.05, 4.69) is 21.0 Å². The van der Waals surface area contributed by atoms with E-state index < -0.39 is 30.2 Å². The highest BCUT2D eigenvalue weighted by Crippen LogP contribution is 2.20. The van der Waals surface area contributed by atoms with Gasteiger partial charge < -0.3 is 9.64 Å². The fraction of sp³-hybridized carbons (Fsp3) is 0.440. The summed E-state index contributed by atoms with van der Waals surface area (Å²) >= 11 is 6.13. The number of aryl methyl sites for hydroxylation is 2. The molecular weight excluding hydrogens is 473 g/mol. The third-order valence-electron chi connectivity index (χ3n) is 5.74. The first-order valence-corrected chi connectivity index (χ1v) is 11.7. The van der Waals surface area contributed by atoms with Crippen LogP contribution >= 0.6 is 24.0 Å². The lowest BCUT2D eigenvalue weighted by Gasteiger charge is -2.36. The van der Waals surface area contributed by atoms with Crippen molar-refractivity contribution in [2.24, 2.45) is 0 Å². The first kappa shape index (κ1) is 19.8. The standard InChI is InChI=1S/C25H32ClN5O2.ClH/c1-2-24-27-31(25(32)30(24)18-19-33-23-10-4-3-5-11-23)13-7-12-28-14-16-29(17-15-28)22-9-6-8-21(26)20-22;/h3-6,8-11,20H,2,7,12-19H2,1H3;1H/i3D,4D,5D,10D,11D;. The summed E-state index contributed by atoms with van der Waals surface area (Å²) < 4.78 is 47.7. The maximum Gasteiger partial charge on any atom is 0.346 e. The molecule has 3 aromatic rings. The summed E-state index contributed by atoms with van der Waals surface area (Å²) in [5, 5.41) is 5.22. The predicted octanol–water partition coefficient (Wildman–Crippen LogP) is 3.97. The van der Waals surface area contributed by atoms with Crippen LogP contribution in [0.25, 0.3) is 0 Å². The number of hydrogen-bond acceptors (Lipinski definition) is 5. The van der Waals surface area contributed by atoms with E-state index in [-0.39, 0.29) is 37.0 Å². The Morgan fingerprint density at radius 3 is 2.56 bits per heavy atom. The Morgan fingerprint density at radius 1 is 1.09 bits per heavy atom. The normalized spacial score (nSPS) is 16.2. The number of benzene rings is 2. The molecule has 184 valence electrons. The topological polar surface area (TPSA) is 55.5 Å². The van der Waals surface area contributed by atoms with Crippen molar-refractivity contribution in [1.29, 1.82) is 0 Å². The van der Waals surface area contributed by atoms with Crippen molar-refractivity contribution in [3.63, 3.8) is 0 Å². The van der Waals surface area contributed by atoms with Crippen molar-refractivity contribution < 1.29 is 11.6 Å². The van der Waals surface area contributed by atoms with Crippen LogP contribution in [0, 0.1) is 0 Å². The molecule has 2 heterocycles. The summed E-state index contributed by atoms with van der Waals surface area (Å²) in [6.07, 6.45) is 1.35. The van der Waals surface area contributed by atoms with E-state index in [9.17, 15) is 4.79 Å². The lowest BCUT2D eigenvalue weighted by atomic mass is 10.2. The van der Waals surface area contributed by atoms with Gasteiger partial charge in [0, 0.05) is 56.4 Å². The first-order chi connectivity index (χ1) is 18.2. The van der Waals surface area contributed by atoms with E-state index in [1.165, 1.54) is 9.25 Å². The lowest BCUT2D eigenvalue weighted by Crippen LogP contribution is -2.46. The fourth-order valence-corrected chi connectivity index (χ4v) is 4.20. The van der Waals surface area contributed by atoms with Crippen LogP contribution in [-0.2, 0) is 19.5 Å². The molecule has 9 heteroatoms. The van der Waals surface area contributed by atoms with Gasteiger partial charge in [-0.25, -0.2) is 9.48 Å². The molecule has 0 bridgehead atoms. The summed E-state index contributed by atoms with van der Waals surface area (Å²) in [5.74, 6) is 0.403. The average molecular weight is 512 g/mol. The van der Waals surface area contributed by atoms with Crippen molar-refractivity contribution in [1.82, 2.24) is 19.2 Å². The Labute approximate surface area is 219 Å². The van der Waals surface area contributed by atoms with Crippen molar-refractivity contribution in [2.75, 3.05) is 44.2 Å². The molecule has 7 nitrogen and oxygen atoms in total. The molecule has 1 aliphatic heterocycles. The highest BCUT2D eigenvalue weighted by molar-refractivity contribution is 6.30. The van der Waals surface area contributed by atoms with Gasteiger partial charge in [-0.3, -0.25) is 9.47 Å². The van der Waals surface area contributed by atoms with Crippen molar-refractivity contribution in [3.05, 3.63) is 75.8 Å². The molecule has 0 saturated carbocycles. The van der Waals surface area contributed by atoms with Gasteiger partial charge >= 0.3 is 5.69 Å². The third kappa shape index (κ3) is 6.78. The SMILES string of the molecule is Cl.[2H]c1c([2H])c([2H])c(OCCn2c(CC)nn(CCCN3CCN(c4cccc(Cl)c4)CC3)c2=O)c([2H])c1[2H]. The second-order valence-electron chi connectivity index (χ2n) is 7.89. The second-order valence-corrected chi connectivity index (χ2v) is 8.33. The van der Waals surface area contributed by atoms with Crippen LogP contribution in [0.2, 0.25) is 5.02 Å². The lowest BCUT2D eigenvalue weighted by molar-refractivity contribution is 0.248. The van der Waals surface area contributed by atoms with Gasteiger partial charge in [-0.15, -0.1) is 12.4 Å². The molecule has 0 N–H and O–H groups in total. The summed E-state index contributed by atoms with van der Waals surface area (Å²) in [4.78, 5) is 17.7. The molecule has 1 aromatic heterocycles. The monoisotopic (exact) mass is 510 g/mol. The molecule has 0 unspecified atom stereocenters. The van der Waals surface area contributed by atoms with Crippen molar-refractivity contribution in [2.45, 2.75) is 32.9 Å². The maximum absolute atomic E-state index is 13.0. The third-order valence-corrected chi connectivity index (χ3v) is 5.98. The molecule has 0 amide bonds. The van der Waals surface area contributed by atoms with Gasteiger partial charge in [0.15, 0.2) is 0 Å². The average Bonchev–Trinajstić information content (AvgIpc) is 3.22. The fourth-order valence-electron chi connectivity index (χ4n) is 4.01. The van der Waals surface area contributed by atoms with Crippen LogP contribution < -0.4 is 15.3 Å². The minimum absolute atomic E-state index is 0. The number of aromatic nitrogens is 3. The molecule has 0 radical (unpaired) electrons. The summed E-state index contributed by atoms with van der Waals surface area (Å²) in [6, 6.07) is 5.73. The summed E-state index contributed by atoms with van der Waals surface area (Å²) in [7, 11) is 0. The number of hydrogen-bond donors (Lipinski definition) is 0. The van der Waals surface area contributed by atoms with Gasteiger partial charge in [-0.05, 0) is 36.7 Å². The van der Waals surface area contributed by atoms with E-state index in [0.29, 0.717) is 18.8 Å². The number of rotatable bonds is 10. The molecular formula is C25H33Cl2N5O2. The Morgan fingerprint density at radius 2 is 1.85 bits per heavy atom. The molecule has 0 aliphatic carbocycles. The highest BCUT2D eigenvalue weighted by atomic mass is 35.5. The smallest absolute Gasteiger partial charge is 0.346 e. The van der Waals surface area contributed by atoms with E-state index in [0.717, 1.165) is 49.9 Å². The quantitative estimate of drug-likeness (QED) is 0.412. The highest BCUT2D eigenvalue weighted by Gasteiger charge is 2.18. The molecule has 1 aliphatic rings. The van der Waals surface area contributed by atoms with Crippen LogP contribution in [0.4, 0.5) is 5.69 Å². The molecule has 0 atom stereocenters. The van der Waals surface area contributed by atoms with E-state index in [1.807, 2.05) is 25.1 Å². The predicted molar refractivity (Wildman–Crippen MR) is 140 cm³/mol. The summed E-state index contributed by atoms with van der Waals surface area (Å²) in [6.45, 7) is 7.12. The van der Waals surface area contributed by atoms with E-state index >= 15 is 0 Å². The Balaban J connectivity index is 0.00000420. The van der Waals surface area contributed by atoms with Gasteiger partial charge in [-0.2, -0.15) is 5.10 Å². The van der Waals surface area contributed by atoms with Crippen molar-refractivity contribution >= 4 is 29.7 Å². The van der Waals surface area contributed by atoms with Gasteiger partial charge in [0.25, 0.3) is 0 Å². The minimum Gasteiger partial charge on any atom is -0.492 e. The van der Waals surface area contributed by atoms with E-state index in [4.69, 9.17) is 23.2 Å². The zero-order valence-electron chi connectivity index (χ0n) is 24.2. The Kier molecular flexibility index (Phi) is 7.47. The zero-order chi connectivity index (χ0) is 27.4. The largest absolute Gasteiger partial charge is 0.492 e. The number of halogens is 2. The van der Waals surface area contributed by atoms with Crippen LogP contribution in [0.1, 0.15) is 26.0 Å². The molecule has 0 spiro atoms. The van der Waals surface area contributed by atoms with Crippen LogP contribution in [0.15, 0.2) is 59.3 Å². The Bertz CT molecular complexity index is 1320. The number of ether oxygens (including phenoxy) is 1. The first-order valence-electron chi connectivity index (χ1n) is 13.8. The number of anilines is 1. The van der Waals surface area contributed by atoms with Crippen molar-refractivity contribution in [3.8, 4) is 5.75 Å². The molecule has 4 rings (SSSR count). The van der Waals surface area contributed by atoms with Crippen LogP contribution in [-0.4, -0.2) is 58.6 Å². The number of nitrogens with zero attached hydrogens (tertiary/aromatic N) is 5. The van der Waals surface area contributed by atoms with E-state index in [1.54, 1.807) is 0 Å². The van der Waals surface area contributed by atoms with Gasteiger partial charge in [0.2, 0.25) is 0 Å². The Hall–Kier alpha value is -2.48. The number of piperazine rings is 1. The molecule has 2 aromatic carbocycles. The molecule has 1 saturated heterocycles. The van der Waals surface area contributed by atoms with Crippen LogP contribution in [0.5, 0.6) is 5.75 Å². The molecule has 34 heavy (non-hydrogen) atoms. The van der Waals surface area contributed by atoms with Gasteiger partial charge in [0.05, 0.1) is 13.4 Å². The van der Waals surface area contributed by atoms with Gasteiger partial charge in [-0.1, -0.05) is 42.7 Å².